The van der Waals surface area contributed by atoms with Crippen LogP contribution in [0.2, 0.25) is 0 Å². The van der Waals surface area contributed by atoms with Crippen LogP contribution in [0.1, 0.15) is 74.9 Å². The molecule has 0 heterocycles. The molecular formula is C69H51N. The first kappa shape index (κ1) is 39.9. The van der Waals surface area contributed by atoms with Gasteiger partial charge in [0, 0.05) is 33.3 Å². The smallest absolute Gasteiger partial charge is 0.0465 e. The van der Waals surface area contributed by atoms with E-state index in [-0.39, 0.29) is 16.2 Å². The van der Waals surface area contributed by atoms with Crippen molar-refractivity contribution in [3.63, 3.8) is 0 Å². The molecule has 0 N–H and O–H groups in total. The molecule has 70 heavy (non-hydrogen) atoms. The zero-order valence-electron chi connectivity index (χ0n) is 40.5. The summed E-state index contributed by atoms with van der Waals surface area (Å²) in [6.07, 6.45) is 0. The van der Waals surface area contributed by atoms with E-state index in [0.29, 0.717) is 0 Å². The first-order valence-corrected chi connectivity index (χ1v) is 25.1. The number of anilines is 3. The third kappa shape index (κ3) is 5.12. The molecule has 0 bridgehead atoms. The van der Waals surface area contributed by atoms with Gasteiger partial charge in [0.25, 0.3) is 0 Å². The predicted molar refractivity (Wildman–Crippen MR) is 299 cm³/mol. The van der Waals surface area contributed by atoms with Gasteiger partial charge >= 0.3 is 0 Å². The summed E-state index contributed by atoms with van der Waals surface area (Å²) >= 11 is 0. The van der Waals surface area contributed by atoms with Crippen LogP contribution in [-0.2, 0) is 16.2 Å². The molecule has 0 fully saturated rings. The Hall–Kier alpha value is -8.00. The molecule has 12 aromatic carbocycles. The maximum atomic E-state index is 2.56. The lowest BCUT2D eigenvalue weighted by atomic mass is 9.81. The Morgan fingerprint density at radius 3 is 0.843 bits per heavy atom. The largest absolute Gasteiger partial charge is 0.310 e. The standard InChI is InChI=1S/C69H51N/c1-67(2)58-34-31-49-46-16-10-7-13-40(46)19-25-52(49)64(58)55-28-22-43(37-61(55)67)70(44-23-29-56-62(38-44)68(3,4)59-35-32-50-47-17-11-8-14-41(47)20-26-53(50)65(56)59)45-24-30-57-63(39-45)69(5,6)60-36-33-51-48-18-12-9-15-42(48)21-27-54(51)66(57)60/h7-39H,1-6H3. The zero-order chi connectivity index (χ0) is 47.0. The van der Waals surface area contributed by atoms with Crippen LogP contribution in [0.5, 0.6) is 0 Å². The fraction of sp³-hybridized carbons (Fsp3) is 0.130. The van der Waals surface area contributed by atoms with Gasteiger partial charge in [0.1, 0.15) is 0 Å². The van der Waals surface area contributed by atoms with E-state index in [1.54, 1.807) is 0 Å². The average Bonchev–Trinajstić information content (AvgIpc) is 3.87. The van der Waals surface area contributed by atoms with Gasteiger partial charge in [-0.2, -0.15) is 0 Å². The van der Waals surface area contributed by atoms with Crippen molar-refractivity contribution in [2.45, 2.75) is 57.8 Å². The summed E-state index contributed by atoms with van der Waals surface area (Å²) in [7, 11) is 0. The first-order valence-electron chi connectivity index (χ1n) is 25.1. The molecule has 0 saturated heterocycles. The van der Waals surface area contributed by atoms with Crippen LogP contribution >= 0.6 is 0 Å². The molecule has 1 heteroatoms. The Kier molecular flexibility index (Phi) is 7.77. The number of nitrogens with zero attached hydrogens (tertiary/aromatic N) is 1. The van der Waals surface area contributed by atoms with E-state index in [1.807, 2.05) is 0 Å². The third-order valence-electron chi connectivity index (χ3n) is 17.4. The molecule has 3 aliphatic rings. The molecular weight excluding hydrogens is 843 g/mol. The van der Waals surface area contributed by atoms with Crippen molar-refractivity contribution in [3.8, 4) is 33.4 Å². The van der Waals surface area contributed by atoms with E-state index < -0.39 is 0 Å². The molecule has 1 nitrogen and oxygen atoms in total. The summed E-state index contributed by atoms with van der Waals surface area (Å²) in [4.78, 5) is 2.56. The molecule has 3 aliphatic carbocycles. The van der Waals surface area contributed by atoms with E-state index in [2.05, 4.69) is 247 Å². The number of hydrogen-bond acceptors (Lipinski definition) is 1. The van der Waals surface area contributed by atoms with Gasteiger partial charge in [-0.1, -0.05) is 205 Å². The van der Waals surface area contributed by atoms with Gasteiger partial charge in [-0.3, -0.25) is 0 Å². The van der Waals surface area contributed by atoms with E-state index in [1.165, 1.54) is 148 Å². The van der Waals surface area contributed by atoms with E-state index >= 15 is 0 Å². The van der Waals surface area contributed by atoms with Crippen LogP contribution < -0.4 is 4.90 Å². The monoisotopic (exact) mass is 893 g/mol. The van der Waals surface area contributed by atoms with Crippen LogP contribution in [-0.4, -0.2) is 0 Å². The Morgan fingerprint density at radius 2 is 0.529 bits per heavy atom. The molecule has 0 aromatic heterocycles. The van der Waals surface area contributed by atoms with Gasteiger partial charge in [-0.05, 0) is 168 Å². The van der Waals surface area contributed by atoms with Crippen molar-refractivity contribution in [2.75, 3.05) is 4.90 Å². The topological polar surface area (TPSA) is 3.24 Å². The molecule has 0 aliphatic heterocycles. The Balaban J connectivity index is 0.944. The number of fused-ring (bicyclic) bond motifs is 21. The molecule has 0 amide bonds. The highest BCUT2D eigenvalue weighted by atomic mass is 15.1. The lowest BCUT2D eigenvalue weighted by Crippen LogP contribution is -2.19. The molecule has 15 rings (SSSR count). The fourth-order valence-electron chi connectivity index (χ4n) is 13.8. The summed E-state index contributed by atoms with van der Waals surface area (Å²) in [6.45, 7) is 14.5. The first-order chi connectivity index (χ1) is 34.0. The normalized spacial score (nSPS) is 15.3. The summed E-state index contributed by atoms with van der Waals surface area (Å²) in [5.74, 6) is 0. The van der Waals surface area contributed by atoms with Crippen LogP contribution in [0.25, 0.3) is 98.0 Å². The van der Waals surface area contributed by atoms with Gasteiger partial charge < -0.3 is 4.90 Å². The van der Waals surface area contributed by atoms with Gasteiger partial charge in [0.05, 0.1) is 0 Å². The summed E-state index contributed by atoms with van der Waals surface area (Å²) in [5.41, 5.74) is 19.3. The second-order valence-corrected chi connectivity index (χ2v) is 22.0. The van der Waals surface area contributed by atoms with Crippen molar-refractivity contribution in [2.24, 2.45) is 0 Å². The van der Waals surface area contributed by atoms with E-state index in [4.69, 9.17) is 0 Å². The number of benzene rings is 12. The Bertz CT molecular complexity index is 3890. The van der Waals surface area contributed by atoms with E-state index in [0.717, 1.165) is 0 Å². The molecule has 0 atom stereocenters. The molecule has 0 saturated carbocycles. The predicted octanol–water partition coefficient (Wildman–Crippen LogP) is 19.0. The van der Waals surface area contributed by atoms with Crippen LogP contribution in [0.3, 0.4) is 0 Å². The minimum Gasteiger partial charge on any atom is -0.310 e. The minimum atomic E-state index is -0.203. The quantitative estimate of drug-likeness (QED) is 0.160. The van der Waals surface area contributed by atoms with Gasteiger partial charge in [-0.25, -0.2) is 0 Å². The minimum absolute atomic E-state index is 0.203. The SMILES string of the molecule is CC1(C)c2cc(N(c3ccc4c(c3)C(C)(C)c3ccc5c(ccc6ccccc65)c3-4)c3ccc4c(c3)C(C)(C)c3ccc5c(ccc6ccccc65)c3-4)ccc2-c2c1ccc1c2ccc2ccccc21. The average molecular weight is 894 g/mol. The Labute approximate surface area is 409 Å². The maximum Gasteiger partial charge on any atom is 0.0465 e. The number of hydrogen-bond donors (Lipinski definition) is 0. The molecule has 0 unspecified atom stereocenters. The van der Waals surface area contributed by atoms with E-state index in [9.17, 15) is 0 Å². The molecule has 0 radical (unpaired) electrons. The summed E-state index contributed by atoms with van der Waals surface area (Å²) in [6, 6.07) is 76.7. The second-order valence-electron chi connectivity index (χ2n) is 22.0. The summed E-state index contributed by atoms with van der Waals surface area (Å²) in [5, 5.41) is 15.7. The van der Waals surface area contributed by atoms with Crippen molar-refractivity contribution >= 4 is 81.7 Å². The van der Waals surface area contributed by atoms with Crippen LogP contribution in [0.4, 0.5) is 17.1 Å². The zero-order valence-corrected chi connectivity index (χ0v) is 40.5. The van der Waals surface area contributed by atoms with Gasteiger partial charge in [0.15, 0.2) is 0 Å². The highest BCUT2D eigenvalue weighted by molar-refractivity contribution is 6.17. The van der Waals surface area contributed by atoms with Crippen LogP contribution in [0.15, 0.2) is 200 Å². The van der Waals surface area contributed by atoms with Crippen molar-refractivity contribution in [1.29, 1.82) is 0 Å². The fourth-order valence-corrected chi connectivity index (χ4v) is 13.8. The summed E-state index contributed by atoms with van der Waals surface area (Å²) < 4.78 is 0. The van der Waals surface area contributed by atoms with Gasteiger partial charge in [0.2, 0.25) is 0 Å². The van der Waals surface area contributed by atoms with Crippen LogP contribution in [0, 0.1) is 0 Å². The highest BCUT2D eigenvalue weighted by Gasteiger charge is 2.41. The third-order valence-corrected chi connectivity index (χ3v) is 17.4. The number of rotatable bonds is 3. The Morgan fingerprint density at radius 1 is 0.243 bits per heavy atom. The van der Waals surface area contributed by atoms with Crippen molar-refractivity contribution in [1.82, 2.24) is 0 Å². The lowest BCUT2D eigenvalue weighted by molar-refractivity contribution is 0.660. The highest BCUT2D eigenvalue weighted by Crippen LogP contribution is 2.58. The van der Waals surface area contributed by atoms with Gasteiger partial charge in [-0.15, -0.1) is 0 Å². The lowest BCUT2D eigenvalue weighted by Gasteiger charge is -2.31. The molecule has 0 spiro atoms. The molecule has 332 valence electrons. The maximum absolute atomic E-state index is 2.56. The molecule has 12 aromatic rings. The van der Waals surface area contributed by atoms with Crippen molar-refractivity contribution in [3.05, 3.63) is 234 Å². The van der Waals surface area contributed by atoms with Crippen molar-refractivity contribution < 1.29 is 0 Å². The second kappa shape index (κ2) is 13.6.